The molecular formula is C60H42N2. The Morgan fingerprint density at radius 3 is 1.21 bits per heavy atom. The summed E-state index contributed by atoms with van der Waals surface area (Å²) >= 11 is 0. The van der Waals surface area contributed by atoms with E-state index in [9.17, 15) is 0 Å². The lowest BCUT2D eigenvalue weighted by Crippen LogP contribution is -2.09. The maximum atomic E-state index is 2.37. The fourth-order valence-electron chi connectivity index (χ4n) is 9.13. The van der Waals surface area contributed by atoms with Gasteiger partial charge in [-0.05, 0) is 122 Å². The van der Waals surface area contributed by atoms with Crippen molar-refractivity contribution in [1.29, 1.82) is 0 Å². The first-order valence-electron chi connectivity index (χ1n) is 21.3. The van der Waals surface area contributed by atoms with Crippen molar-refractivity contribution in [2.24, 2.45) is 0 Å². The van der Waals surface area contributed by atoms with Crippen LogP contribution in [0, 0.1) is 0 Å². The van der Waals surface area contributed by atoms with E-state index in [0.29, 0.717) is 0 Å². The van der Waals surface area contributed by atoms with Crippen molar-refractivity contribution >= 4 is 38.9 Å². The Hall–Kier alpha value is -8.20. The Balaban J connectivity index is 0.941. The molecule has 0 bridgehead atoms. The number of fused-ring (bicyclic) bond motifs is 3. The average Bonchev–Trinajstić information content (AvgIpc) is 3.69. The third-order valence-corrected chi connectivity index (χ3v) is 12.0. The van der Waals surface area contributed by atoms with Crippen LogP contribution in [0.15, 0.2) is 255 Å². The predicted octanol–water partition coefficient (Wildman–Crippen LogP) is 16.6. The molecule has 2 nitrogen and oxygen atoms in total. The fraction of sp³-hybridized carbons (Fsp3) is 0. The molecule has 0 radical (unpaired) electrons. The molecule has 62 heavy (non-hydrogen) atoms. The normalized spacial score (nSPS) is 11.2. The maximum Gasteiger partial charge on any atom is 0.0541 e. The van der Waals surface area contributed by atoms with Crippen molar-refractivity contribution in [3.8, 4) is 61.3 Å². The monoisotopic (exact) mass is 790 g/mol. The summed E-state index contributed by atoms with van der Waals surface area (Å²) in [4.78, 5) is 2.34. The highest BCUT2D eigenvalue weighted by Crippen LogP contribution is 2.43. The van der Waals surface area contributed by atoms with Crippen molar-refractivity contribution in [2.75, 3.05) is 4.90 Å². The summed E-state index contributed by atoms with van der Waals surface area (Å²) in [6.45, 7) is 0. The Kier molecular flexibility index (Phi) is 9.57. The molecule has 0 aliphatic carbocycles. The Labute approximate surface area is 362 Å². The molecule has 1 heterocycles. The Morgan fingerprint density at radius 2 is 0.629 bits per heavy atom. The van der Waals surface area contributed by atoms with Gasteiger partial charge in [0.15, 0.2) is 0 Å². The second-order valence-electron chi connectivity index (χ2n) is 15.7. The molecular weight excluding hydrogens is 749 g/mol. The van der Waals surface area contributed by atoms with Gasteiger partial charge in [0.1, 0.15) is 0 Å². The van der Waals surface area contributed by atoms with E-state index in [1.807, 2.05) is 0 Å². The van der Waals surface area contributed by atoms with E-state index in [4.69, 9.17) is 0 Å². The molecule has 0 amide bonds. The minimum Gasteiger partial charge on any atom is -0.311 e. The SMILES string of the molecule is c1ccc(-c2ccccc2-c2ccccc2-c2ccccc2-c2ccc(N(c3ccccc3)c3ccc(-c4ccc5c(c4)c4ccccc4n5-c4ccccc4)cc3)cc2)cc1. The zero-order chi connectivity index (χ0) is 41.2. The zero-order valence-electron chi connectivity index (χ0n) is 34.1. The summed E-state index contributed by atoms with van der Waals surface area (Å²) in [5.74, 6) is 0. The number of aromatic nitrogens is 1. The van der Waals surface area contributed by atoms with Gasteiger partial charge in [-0.15, -0.1) is 0 Å². The Morgan fingerprint density at radius 1 is 0.242 bits per heavy atom. The Bertz CT molecular complexity index is 3310. The number of hydrogen-bond donors (Lipinski definition) is 0. The quantitative estimate of drug-likeness (QED) is 0.141. The summed E-state index contributed by atoms with van der Waals surface area (Å²) in [7, 11) is 0. The molecule has 11 aromatic rings. The van der Waals surface area contributed by atoms with Gasteiger partial charge in [-0.3, -0.25) is 0 Å². The molecule has 0 unspecified atom stereocenters. The van der Waals surface area contributed by atoms with Crippen molar-refractivity contribution in [3.63, 3.8) is 0 Å². The van der Waals surface area contributed by atoms with E-state index in [1.54, 1.807) is 0 Å². The van der Waals surface area contributed by atoms with Crippen molar-refractivity contribution < 1.29 is 0 Å². The molecule has 0 atom stereocenters. The van der Waals surface area contributed by atoms with Crippen LogP contribution in [-0.2, 0) is 0 Å². The lowest BCUT2D eigenvalue weighted by molar-refractivity contribution is 1.18. The van der Waals surface area contributed by atoms with Crippen molar-refractivity contribution in [3.05, 3.63) is 255 Å². The van der Waals surface area contributed by atoms with Gasteiger partial charge in [-0.2, -0.15) is 0 Å². The van der Waals surface area contributed by atoms with Gasteiger partial charge in [-0.1, -0.05) is 188 Å². The van der Waals surface area contributed by atoms with Crippen LogP contribution in [0.4, 0.5) is 17.1 Å². The van der Waals surface area contributed by atoms with E-state index in [0.717, 1.165) is 17.1 Å². The number of benzene rings is 10. The molecule has 0 N–H and O–H groups in total. The lowest BCUT2D eigenvalue weighted by atomic mass is 9.87. The third kappa shape index (κ3) is 6.74. The molecule has 0 spiro atoms. The van der Waals surface area contributed by atoms with E-state index in [2.05, 4.69) is 264 Å². The molecule has 10 aromatic carbocycles. The first-order chi connectivity index (χ1) is 30.8. The second kappa shape index (κ2) is 16.1. The van der Waals surface area contributed by atoms with Gasteiger partial charge in [-0.25, -0.2) is 0 Å². The van der Waals surface area contributed by atoms with Gasteiger partial charge in [0.25, 0.3) is 0 Å². The molecule has 0 aliphatic rings. The highest BCUT2D eigenvalue weighted by Gasteiger charge is 2.18. The standard InChI is InChI=1S/C60H42N2/c1-4-18-44(19-5-1)51-24-10-12-26-53(51)55-28-14-15-29-56(55)54-27-13-11-25-52(54)45-34-39-50(40-35-45)61(47-20-6-2-7-21-47)49-37-32-43(33-38-49)46-36-41-60-58(42-46)57-30-16-17-31-59(57)62(60)48-22-8-3-9-23-48/h1-42H. The van der Waals surface area contributed by atoms with Gasteiger partial charge in [0.05, 0.1) is 11.0 Å². The van der Waals surface area contributed by atoms with Gasteiger partial charge in [0, 0.05) is 33.5 Å². The fourth-order valence-corrected chi connectivity index (χ4v) is 9.13. The summed E-state index contributed by atoms with van der Waals surface area (Å²) in [5.41, 5.74) is 18.9. The van der Waals surface area contributed by atoms with Crippen LogP contribution in [0.25, 0.3) is 83.1 Å². The van der Waals surface area contributed by atoms with Gasteiger partial charge in [0.2, 0.25) is 0 Å². The highest BCUT2D eigenvalue weighted by atomic mass is 15.1. The maximum absolute atomic E-state index is 2.37. The van der Waals surface area contributed by atoms with E-state index >= 15 is 0 Å². The van der Waals surface area contributed by atoms with Crippen LogP contribution >= 0.6 is 0 Å². The number of para-hydroxylation sites is 3. The summed E-state index contributed by atoms with van der Waals surface area (Å²) < 4.78 is 2.37. The lowest BCUT2D eigenvalue weighted by Gasteiger charge is -2.26. The smallest absolute Gasteiger partial charge is 0.0541 e. The molecule has 1 aromatic heterocycles. The molecule has 0 aliphatic heterocycles. The minimum absolute atomic E-state index is 1.09. The molecule has 11 rings (SSSR count). The third-order valence-electron chi connectivity index (χ3n) is 12.0. The van der Waals surface area contributed by atoms with Crippen LogP contribution in [0.2, 0.25) is 0 Å². The average molecular weight is 791 g/mol. The molecule has 0 saturated carbocycles. The first-order valence-corrected chi connectivity index (χ1v) is 21.3. The van der Waals surface area contributed by atoms with Crippen molar-refractivity contribution in [2.45, 2.75) is 0 Å². The van der Waals surface area contributed by atoms with Gasteiger partial charge >= 0.3 is 0 Å². The van der Waals surface area contributed by atoms with Crippen LogP contribution < -0.4 is 4.90 Å². The molecule has 0 saturated heterocycles. The minimum atomic E-state index is 1.09. The summed E-state index contributed by atoms with van der Waals surface area (Å²) in [6, 6.07) is 91.9. The first kappa shape index (κ1) is 36.8. The number of rotatable bonds is 9. The van der Waals surface area contributed by atoms with Gasteiger partial charge < -0.3 is 9.47 Å². The van der Waals surface area contributed by atoms with Crippen molar-refractivity contribution in [1.82, 2.24) is 4.57 Å². The molecule has 2 heteroatoms. The van der Waals surface area contributed by atoms with Crippen LogP contribution in [0.5, 0.6) is 0 Å². The number of nitrogens with zero attached hydrogens (tertiary/aromatic N) is 2. The number of hydrogen-bond acceptors (Lipinski definition) is 1. The van der Waals surface area contributed by atoms with Crippen LogP contribution in [-0.4, -0.2) is 4.57 Å². The van der Waals surface area contributed by atoms with E-state index in [-0.39, 0.29) is 0 Å². The topological polar surface area (TPSA) is 8.17 Å². The zero-order valence-corrected chi connectivity index (χ0v) is 34.1. The number of anilines is 3. The largest absolute Gasteiger partial charge is 0.311 e. The van der Waals surface area contributed by atoms with E-state index < -0.39 is 0 Å². The second-order valence-corrected chi connectivity index (χ2v) is 15.7. The highest BCUT2D eigenvalue weighted by molar-refractivity contribution is 6.10. The molecule has 0 fully saturated rings. The summed E-state index contributed by atoms with van der Waals surface area (Å²) in [6.07, 6.45) is 0. The molecule has 292 valence electrons. The van der Waals surface area contributed by atoms with E-state index in [1.165, 1.54) is 83.1 Å². The summed E-state index contributed by atoms with van der Waals surface area (Å²) in [5, 5.41) is 2.50. The van der Waals surface area contributed by atoms with Crippen LogP contribution in [0.3, 0.4) is 0 Å². The van der Waals surface area contributed by atoms with Crippen LogP contribution in [0.1, 0.15) is 0 Å². The predicted molar refractivity (Wildman–Crippen MR) is 263 cm³/mol.